The average molecular weight is 253 g/mol. The first-order chi connectivity index (χ1) is 6.68. The third-order valence-corrected chi connectivity index (χ3v) is 2.94. The van der Waals surface area contributed by atoms with Gasteiger partial charge in [-0.05, 0) is 12.3 Å². The molecule has 0 aliphatic heterocycles. The van der Waals surface area contributed by atoms with E-state index in [2.05, 4.69) is 0 Å². The zero-order valence-corrected chi connectivity index (χ0v) is 10.5. The van der Waals surface area contributed by atoms with Gasteiger partial charge >= 0.3 is 0 Å². The molecule has 1 rings (SSSR count). The van der Waals surface area contributed by atoms with Gasteiger partial charge in [-0.25, -0.2) is 8.78 Å². The summed E-state index contributed by atoms with van der Waals surface area (Å²) in [5, 5.41) is -0.183. The second kappa shape index (κ2) is 3.91. The van der Waals surface area contributed by atoms with Crippen LogP contribution in [-0.4, -0.2) is 0 Å². The van der Waals surface area contributed by atoms with Gasteiger partial charge in [-0.3, -0.25) is 0 Å². The summed E-state index contributed by atoms with van der Waals surface area (Å²) in [6, 6.07) is 0. The summed E-state index contributed by atoms with van der Waals surface area (Å²) >= 11 is 11.7. The van der Waals surface area contributed by atoms with Crippen molar-refractivity contribution < 1.29 is 8.78 Å². The Morgan fingerprint density at radius 3 is 1.53 bits per heavy atom. The number of halogens is 4. The minimum atomic E-state index is -0.733. The topological polar surface area (TPSA) is 0 Å². The van der Waals surface area contributed by atoms with Crippen LogP contribution in [0.15, 0.2) is 0 Å². The summed E-state index contributed by atoms with van der Waals surface area (Å²) in [5.41, 5.74) is -0.326. The van der Waals surface area contributed by atoms with Gasteiger partial charge < -0.3 is 0 Å². The fraction of sp³-hybridized carbons (Fsp3) is 0.455. The molecule has 1 aromatic carbocycles. The zero-order chi connectivity index (χ0) is 12.0. The minimum Gasteiger partial charge on any atom is -0.205 e. The Balaban J connectivity index is 3.68. The molecule has 15 heavy (non-hydrogen) atoms. The van der Waals surface area contributed by atoms with Gasteiger partial charge in [-0.2, -0.15) is 0 Å². The van der Waals surface area contributed by atoms with Gasteiger partial charge in [0.25, 0.3) is 0 Å². The molecule has 84 valence electrons. The van der Waals surface area contributed by atoms with Crippen LogP contribution in [0.1, 0.15) is 31.9 Å². The minimum absolute atomic E-state index is 0.0913. The van der Waals surface area contributed by atoms with Crippen molar-refractivity contribution in [1.82, 2.24) is 0 Å². The molecule has 0 spiro atoms. The molecule has 0 amide bonds. The first-order valence-electron chi connectivity index (χ1n) is 4.51. The molecule has 0 radical (unpaired) electrons. The molecule has 0 saturated heterocycles. The Bertz CT molecular complexity index is 377. The molecule has 0 aliphatic carbocycles. The fourth-order valence-corrected chi connectivity index (χ4v) is 2.49. The Labute approximate surface area is 98.2 Å². The monoisotopic (exact) mass is 252 g/mol. The second-order valence-electron chi connectivity index (χ2n) is 4.51. The van der Waals surface area contributed by atoms with Crippen molar-refractivity contribution in [3.63, 3.8) is 0 Å². The van der Waals surface area contributed by atoms with Crippen LogP contribution in [0.2, 0.25) is 10.0 Å². The van der Waals surface area contributed by atoms with Crippen molar-refractivity contribution in [2.75, 3.05) is 0 Å². The normalized spacial score (nSPS) is 12.0. The maximum Gasteiger partial charge on any atom is 0.148 e. The third kappa shape index (κ3) is 2.11. The maximum atomic E-state index is 13.5. The molecular weight excluding hydrogens is 241 g/mol. The van der Waals surface area contributed by atoms with E-state index in [0.29, 0.717) is 5.56 Å². The van der Waals surface area contributed by atoms with Crippen molar-refractivity contribution in [2.45, 2.75) is 33.1 Å². The van der Waals surface area contributed by atoms with Crippen LogP contribution in [0, 0.1) is 18.6 Å². The van der Waals surface area contributed by atoms with Gasteiger partial charge in [0.2, 0.25) is 0 Å². The molecule has 0 bridgehead atoms. The van der Waals surface area contributed by atoms with Crippen molar-refractivity contribution in [1.29, 1.82) is 0 Å². The van der Waals surface area contributed by atoms with Crippen molar-refractivity contribution >= 4 is 23.2 Å². The Morgan fingerprint density at radius 2 is 1.27 bits per heavy atom. The van der Waals surface area contributed by atoms with E-state index in [1.165, 1.54) is 6.92 Å². The molecule has 0 aromatic heterocycles. The Morgan fingerprint density at radius 1 is 0.933 bits per heavy atom. The summed E-state index contributed by atoms with van der Waals surface area (Å²) in [6.07, 6.45) is 0. The van der Waals surface area contributed by atoms with Crippen LogP contribution >= 0.6 is 23.2 Å². The van der Waals surface area contributed by atoms with Crippen LogP contribution in [0.3, 0.4) is 0 Å². The first kappa shape index (κ1) is 12.7. The standard InChI is InChI=1S/C11H12Cl2F2/c1-5-9(14)7(12)6(11(2,3)4)8(13)10(5)15/h1-4H3. The maximum absolute atomic E-state index is 13.5. The summed E-state index contributed by atoms with van der Waals surface area (Å²) in [5.74, 6) is -1.47. The smallest absolute Gasteiger partial charge is 0.148 e. The van der Waals surface area contributed by atoms with E-state index in [4.69, 9.17) is 23.2 Å². The van der Waals surface area contributed by atoms with Crippen molar-refractivity contribution in [3.8, 4) is 0 Å². The second-order valence-corrected chi connectivity index (χ2v) is 5.26. The van der Waals surface area contributed by atoms with E-state index in [1.807, 2.05) is 0 Å². The Hall–Kier alpha value is -0.340. The third-order valence-electron chi connectivity index (χ3n) is 2.23. The Kier molecular flexibility index (Phi) is 3.32. The molecule has 0 fully saturated rings. The lowest BCUT2D eigenvalue weighted by Crippen LogP contribution is -2.15. The predicted octanol–water partition coefficient (Wildman–Crippen LogP) is 4.88. The first-order valence-corrected chi connectivity index (χ1v) is 5.26. The van der Waals surface area contributed by atoms with Gasteiger partial charge in [0, 0.05) is 11.1 Å². The van der Waals surface area contributed by atoms with Crippen molar-refractivity contribution in [3.05, 3.63) is 32.8 Å². The summed E-state index contributed by atoms with van der Waals surface area (Å²) < 4.78 is 27.1. The fourth-order valence-electron chi connectivity index (χ4n) is 1.40. The van der Waals surface area contributed by atoms with Crippen LogP contribution < -0.4 is 0 Å². The highest BCUT2D eigenvalue weighted by atomic mass is 35.5. The van der Waals surface area contributed by atoms with E-state index in [-0.39, 0.29) is 15.6 Å². The van der Waals surface area contributed by atoms with E-state index < -0.39 is 17.0 Å². The average Bonchev–Trinajstić information content (AvgIpc) is 2.09. The largest absolute Gasteiger partial charge is 0.205 e. The van der Waals surface area contributed by atoms with E-state index in [1.54, 1.807) is 20.8 Å². The predicted molar refractivity (Wildman–Crippen MR) is 59.8 cm³/mol. The number of benzene rings is 1. The highest BCUT2D eigenvalue weighted by Crippen LogP contribution is 2.40. The lowest BCUT2D eigenvalue weighted by molar-refractivity contribution is 0.537. The quantitative estimate of drug-likeness (QED) is 0.578. The molecule has 0 aliphatic rings. The highest BCUT2D eigenvalue weighted by molar-refractivity contribution is 6.36. The molecular formula is C11H12Cl2F2. The van der Waals surface area contributed by atoms with Crippen LogP contribution in [-0.2, 0) is 5.41 Å². The zero-order valence-electron chi connectivity index (χ0n) is 9.01. The molecule has 0 atom stereocenters. The lowest BCUT2D eigenvalue weighted by atomic mass is 9.86. The SMILES string of the molecule is Cc1c(F)c(Cl)c(C(C)(C)C)c(Cl)c1F. The molecule has 0 N–H and O–H groups in total. The van der Waals surface area contributed by atoms with E-state index in [0.717, 1.165) is 0 Å². The molecule has 4 heteroatoms. The summed E-state index contributed by atoms with van der Waals surface area (Å²) in [6.45, 7) is 6.71. The number of hydrogen-bond donors (Lipinski definition) is 0. The van der Waals surface area contributed by atoms with Crippen LogP contribution in [0.25, 0.3) is 0 Å². The van der Waals surface area contributed by atoms with Crippen LogP contribution in [0.4, 0.5) is 8.78 Å². The summed E-state index contributed by atoms with van der Waals surface area (Å²) in [4.78, 5) is 0. The van der Waals surface area contributed by atoms with E-state index in [9.17, 15) is 8.78 Å². The van der Waals surface area contributed by atoms with E-state index >= 15 is 0 Å². The highest BCUT2D eigenvalue weighted by Gasteiger charge is 2.27. The van der Waals surface area contributed by atoms with Gasteiger partial charge in [-0.1, -0.05) is 44.0 Å². The lowest BCUT2D eigenvalue weighted by Gasteiger charge is -2.23. The number of hydrogen-bond acceptors (Lipinski definition) is 0. The molecule has 0 heterocycles. The van der Waals surface area contributed by atoms with Gasteiger partial charge in [0.15, 0.2) is 0 Å². The van der Waals surface area contributed by atoms with Gasteiger partial charge in [0.1, 0.15) is 11.6 Å². The molecule has 0 nitrogen and oxygen atoms in total. The van der Waals surface area contributed by atoms with Crippen LogP contribution in [0.5, 0.6) is 0 Å². The molecule has 0 saturated carbocycles. The van der Waals surface area contributed by atoms with Crippen molar-refractivity contribution in [2.24, 2.45) is 0 Å². The van der Waals surface area contributed by atoms with Gasteiger partial charge in [0.05, 0.1) is 10.0 Å². The van der Waals surface area contributed by atoms with Gasteiger partial charge in [-0.15, -0.1) is 0 Å². The molecule has 1 aromatic rings. The number of rotatable bonds is 0. The summed E-state index contributed by atoms with van der Waals surface area (Å²) in [7, 11) is 0. The molecule has 0 unspecified atom stereocenters.